The minimum atomic E-state index is -4.96. The van der Waals surface area contributed by atoms with Crippen molar-refractivity contribution in [3.8, 4) is 0 Å². The Bertz CT molecular complexity index is 463. The van der Waals surface area contributed by atoms with Crippen LogP contribution in [-0.2, 0) is 17.7 Å². The lowest BCUT2D eigenvalue weighted by atomic mass is 9.98. The van der Waals surface area contributed by atoms with Crippen LogP contribution in [0.15, 0.2) is 12.1 Å². The standard InChI is InChI=1S/C10H5BrF6O/c11-3-7-5(4-18)1-6(9(12,13)14)2-8(7)10(15,16)17/h1-2,4H,3H2. The molecular weight excluding hydrogens is 330 g/mol. The van der Waals surface area contributed by atoms with Gasteiger partial charge in [0.15, 0.2) is 0 Å². The van der Waals surface area contributed by atoms with Gasteiger partial charge in [0, 0.05) is 10.9 Å². The normalized spacial score (nSPS) is 12.6. The van der Waals surface area contributed by atoms with Crippen LogP contribution in [0.4, 0.5) is 26.3 Å². The van der Waals surface area contributed by atoms with Crippen molar-refractivity contribution in [2.45, 2.75) is 17.7 Å². The number of carbonyl (C=O) groups is 1. The van der Waals surface area contributed by atoms with Gasteiger partial charge in [0.2, 0.25) is 0 Å². The largest absolute Gasteiger partial charge is 0.416 e. The Balaban J connectivity index is 3.62. The molecule has 0 spiro atoms. The summed E-state index contributed by atoms with van der Waals surface area (Å²) in [5.41, 5.74) is -4.10. The Morgan fingerprint density at radius 3 is 1.94 bits per heavy atom. The molecule has 0 amide bonds. The lowest BCUT2D eigenvalue weighted by Gasteiger charge is -2.16. The third-order valence-electron chi connectivity index (χ3n) is 2.18. The summed E-state index contributed by atoms with van der Waals surface area (Å²) in [5.74, 6) is 0. The lowest BCUT2D eigenvalue weighted by molar-refractivity contribution is -0.143. The van der Waals surface area contributed by atoms with Crippen molar-refractivity contribution < 1.29 is 31.1 Å². The number of benzene rings is 1. The summed E-state index contributed by atoms with van der Waals surface area (Å²) in [5, 5.41) is -0.367. The van der Waals surface area contributed by atoms with E-state index >= 15 is 0 Å². The van der Waals surface area contributed by atoms with Crippen LogP contribution in [0.25, 0.3) is 0 Å². The minimum absolute atomic E-state index is 0.00356. The molecule has 18 heavy (non-hydrogen) atoms. The number of halogens is 7. The number of aldehydes is 1. The van der Waals surface area contributed by atoms with Crippen LogP contribution in [0.1, 0.15) is 27.0 Å². The zero-order valence-corrected chi connectivity index (χ0v) is 10.1. The van der Waals surface area contributed by atoms with Crippen LogP contribution < -0.4 is 0 Å². The van der Waals surface area contributed by atoms with Gasteiger partial charge in [-0.25, -0.2) is 0 Å². The number of rotatable bonds is 2. The molecule has 0 N–H and O–H groups in total. The highest BCUT2D eigenvalue weighted by Gasteiger charge is 2.39. The first-order chi connectivity index (χ1) is 8.11. The fourth-order valence-corrected chi connectivity index (χ4v) is 1.99. The molecule has 0 aromatic heterocycles. The third kappa shape index (κ3) is 3.04. The highest BCUT2D eigenvalue weighted by atomic mass is 79.9. The van der Waals surface area contributed by atoms with E-state index < -0.39 is 34.6 Å². The Kier molecular flexibility index (Phi) is 4.09. The maximum Gasteiger partial charge on any atom is 0.416 e. The van der Waals surface area contributed by atoms with Gasteiger partial charge < -0.3 is 0 Å². The Hall–Kier alpha value is -1.05. The molecule has 1 rings (SSSR count). The number of alkyl halides is 7. The van der Waals surface area contributed by atoms with E-state index in [0.717, 1.165) is 0 Å². The zero-order valence-electron chi connectivity index (χ0n) is 8.49. The second kappa shape index (κ2) is 4.91. The molecule has 0 aliphatic heterocycles. The second-order valence-corrected chi connectivity index (χ2v) is 3.90. The molecule has 100 valence electrons. The summed E-state index contributed by atoms with van der Waals surface area (Å²) in [6.45, 7) is 0. The first-order valence-electron chi connectivity index (χ1n) is 4.43. The lowest BCUT2D eigenvalue weighted by Crippen LogP contribution is -2.15. The first-order valence-corrected chi connectivity index (χ1v) is 5.56. The van der Waals surface area contributed by atoms with Crippen LogP contribution in [0.2, 0.25) is 0 Å². The number of hydrogen-bond donors (Lipinski definition) is 0. The summed E-state index contributed by atoms with van der Waals surface area (Å²) >= 11 is 2.73. The van der Waals surface area contributed by atoms with E-state index in [1.807, 2.05) is 0 Å². The van der Waals surface area contributed by atoms with Crippen molar-refractivity contribution in [1.82, 2.24) is 0 Å². The number of hydrogen-bond acceptors (Lipinski definition) is 1. The summed E-state index contributed by atoms with van der Waals surface area (Å²) in [4.78, 5) is 10.6. The van der Waals surface area contributed by atoms with E-state index in [1.54, 1.807) is 0 Å². The smallest absolute Gasteiger partial charge is 0.298 e. The third-order valence-corrected chi connectivity index (χ3v) is 2.74. The van der Waals surface area contributed by atoms with E-state index in [-0.39, 0.29) is 17.7 Å². The molecule has 0 saturated heterocycles. The van der Waals surface area contributed by atoms with Gasteiger partial charge in [0.1, 0.15) is 6.29 Å². The summed E-state index contributed by atoms with van der Waals surface area (Å²) < 4.78 is 75.1. The fourth-order valence-electron chi connectivity index (χ4n) is 1.37. The zero-order chi connectivity index (χ0) is 14.1. The summed E-state index contributed by atoms with van der Waals surface area (Å²) in [7, 11) is 0. The van der Waals surface area contributed by atoms with Crippen LogP contribution in [0.5, 0.6) is 0 Å². The molecule has 0 atom stereocenters. The average Bonchev–Trinajstić information content (AvgIpc) is 2.24. The molecule has 1 aromatic rings. The minimum Gasteiger partial charge on any atom is -0.298 e. The maximum absolute atomic E-state index is 12.6. The van der Waals surface area contributed by atoms with Gasteiger partial charge in [0.25, 0.3) is 0 Å². The molecule has 0 heterocycles. The van der Waals surface area contributed by atoms with Crippen molar-refractivity contribution in [2.24, 2.45) is 0 Å². The van der Waals surface area contributed by atoms with Crippen LogP contribution >= 0.6 is 15.9 Å². The van der Waals surface area contributed by atoms with Crippen LogP contribution in [0, 0.1) is 0 Å². The van der Waals surface area contributed by atoms with Crippen molar-refractivity contribution in [3.63, 3.8) is 0 Å². The Labute approximate surface area is 106 Å². The average molecular weight is 335 g/mol. The molecule has 1 nitrogen and oxygen atoms in total. The molecule has 0 saturated carbocycles. The van der Waals surface area contributed by atoms with Crippen molar-refractivity contribution in [1.29, 1.82) is 0 Å². The molecule has 0 aliphatic carbocycles. The monoisotopic (exact) mass is 334 g/mol. The second-order valence-electron chi connectivity index (χ2n) is 3.34. The molecular formula is C10H5BrF6O. The predicted octanol–water partition coefficient (Wildman–Crippen LogP) is 4.43. The molecule has 1 aromatic carbocycles. The molecule has 0 aliphatic rings. The van der Waals surface area contributed by atoms with Gasteiger partial charge in [-0.1, -0.05) is 15.9 Å². The maximum atomic E-state index is 12.6. The number of carbonyl (C=O) groups excluding carboxylic acids is 1. The Morgan fingerprint density at radius 2 is 1.61 bits per heavy atom. The van der Waals surface area contributed by atoms with Gasteiger partial charge >= 0.3 is 12.4 Å². The van der Waals surface area contributed by atoms with Crippen molar-refractivity contribution in [2.75, 3.05) is 0 Å². The van der Waals surface area contributed by atoms with Gasteiger partial charge in [-0.3, -0.25) is 4.79 Å². The van der Waals surface area contributed by atoms with E-state index in [4.69, 9.17) is 0 Å². The molecule has 0 unspecified atom stereocenters. The van der Waals surface area contributed by atoms with Crippen molar-refractivity contribution >= 4 is 22.2 Å². The molecule has 8 heteroatoms. The molecule has 0 fully saturated rings. The Morgan fingerprint density at radius 1 is 1.06 bits per heavy atom. The van der Waals surface area contributed by atoms with Gasteiger partial charge in [0.05, 0.1) is 11.1 Å². The topological polar surface area (TPSA) is 17.1 Å². The highest BCUT2D eigenvalue weighted by molar-refractivity contribution is 9.08. The van der Waals surface area contributed by atoms with Gasteiger partial charge in [-0.2, -0.15) is 26.3 Å². The fraction of sp³-hybridized carbons (Fsp3) is 0.300. The van der Waals surface area contributed by atoms with Crippen molar-refractivity contribution in [3.05, 3.63) is 34.4 Å². The van der Waals surface area contributed by atoms with Crippen LogP contribution in [0.3, 0.4) is 0 Å². The quantitative estimate of drug-likeness (QED) is 0.444. The summed E-state index contributed by atoms with van der Waals surface area (Å²) in [6, 6.07) is 0.405. The van der Waals surface area contributed by atoms with E-state index in [1.165, 1.54) is 0 Å². The molecule has 0 bridgehead atoms. The van der Waals surface area contributed by atoms with E-state index in [0.29, 0.717) is 6.07 Å². The highest BCUT2D eigenvalue weighted by Crippen LogP contribution is 2.39. The predicted molar refractivity (Wildman–Crippen MR) is 54.5 cm³/mol. The molecule has 0 radical (unpaired) electrons. The first kappa shape index (κ1) is 15.0. The SMILES string of the molecule is O=Cc1cc(C(F)(F)F)cc(C(F)(F)F)c1CBr. The van der Waals surface area contributed by atoms with Gasteiger partial charge in [-0.15, -0.1) is 0 Å². The van der Waals surface area contributed by atoms with E-state index in [2.05, 4.69) is 15.9 Å². The van der Waals surface area contributed by atoms with Crippen LogP contribution in [-0.4, -0.2) is 6.29 Å². The van der Waals surface area contributed by atoms with E-state index in [9.17, 15) is 31.1 Å². The van der Waals surface area contributed by atoms with Gasteiger partial charge in [-0.05, 0) is 17.7 Å². The summed E-state index contributed by atoms with van der Waals surface area (Å²) in [6.07, 6.45) is -9.92.